The van der Waals surface area contributed by atoms with Crippen LogP contribution in [0.3, 0.4) is 0 Å². The Morgan fingerprint density at radius 3 is 2.74 bits per heavy atom. The van der Waals surface area contributed by atoms with E-state index < -0.39 is 0 Å². The molecule has 156 valence electrons. The minimum atomic E-state index is -0.252. The maximum Gasteiger partial charge on any atom is 0.223 e. The number of pyridine rings is 1. The van der Waals surface area contributed by atoms with Crippen LogP contribution in [-0.4, -0.2) is 20.9 Å². The van der Waals surface area contributed by atoms with Crippen LogP contribution < -0.4 is 11.1 Å². The second kappa shape index (κ2) is 8.92. The lowest BCUT2D eigenvalue weighted by molar-refractivity contribution is -0.124. The number of aromatic nitrogens is 3. The first kappa shape index (κ1) is 20.5. The van der Waals surface area contributed by atoms with Gasteiger partial charge in [0.25, 0.3) is 0 Å². The van der Waals surface area contributed by atoms with Crippen LogP contribution in [0.25, 0.3) is 22.0 Å². The highest BCUT2D eigenvalue weighted by atomic mass is 16.1. The van der Waals surface area contributed by atoms with Crippen molar-refractivity contribution in [1.29, 1.82) is 0 Å². The normalized spacial score (nSPS) is 11.9. The van der Waals surface area contributed by atoms with Gasteiger partial charge in [-0.15, -0.1) is 0 Å². The predicted molar refractivity (Wildman–Crippen MR) is 123 cm³/mol. The summed E-state index contributed by atoms with van der Waals surface area (Å²) >= 11 is 0. The Hall–Kier alpha value is -3.80. The first-order valence-corrected chi connectivity index (χ1v) is 10.3. The molecule has 1 amide bonds. The van der Waals surface area contributed by atoms with E-state index in [1.54, 1.807) is 18.6 Å². The minimum Gasteiger partial charge on any atom is -0.383 e. The fourth-order valence-corrected chi connectivity index (χ4v) is 3.66. The zero-order chi connectivity index (χ0) is 21.8. The summed E-state index contributed by atoms with van der Waals surface area (Å²) in [7, 11) is 0. The average Bonchev–Trinajstić information content (AvgIpc) is 2.78. The van der Waals surface area contributed by atoms with Crippen molar-refractivity contribution in [2.45, 2.75) is 26.8 Å². The van der Waals surface area contributed by atoms with Gasteiger partial charge in [0.15, 0.2) is 0 Å². The molecule has 0 spiro atoms. The van der Waals surface area contributed by atoms with Gasteiger partial charge in [-0.05, 0) is 53.8 Å². The number of nitrogens with one attached hydrogen (secondary N) is 1. The van der Waals surface area contributed by atoms with Crippen LogP contribution in [0.2, 0.25) is 0 Å². The second-order valence-corrected chi connectivity index (χ2v) is 7.77. The van der Waals surface area contributed by atoms with Gasteiger partial charge in [0.2, 0.25) is 5.91 Å². The molecule has 6 heteroatoms. The lowest BCUT2D eigenvalue weighted by atomic mass is 9.96. The van der Waals surface area contributed by atoms with E-state index in [0.717, 1.165) is 27.7 Å². The number of carbonyl (C=O) groups is 1. The highest BCUT2D eigenvalue weighted by molar-refractivity contribution is 5.87. The van der Waals surface area contributed by atoms with Crippen molar-refractivity contribution >= 4 is 22.6 Å². The number of hydrogen-bond acceptors (Lipinski definition) is 5. The van der Waals surface area contributed by atoms with Crippen molar-refractivity contribution in [3.8, 4) is 11.1 Å². The van der Waals surface area contributed by atoms with Crippen molar-refractivity contribution in [3.63, 3.8) is 0 Å². The van der Waals surface area contributed by atoms with E-state index in [9.17, 15) is 4.79 Å². The highest BCUT2D eigenvalue weighted by Crippen LogP contribution is 2.28. The molecule has 4 rings (SSSR count). The van der Waals surface area contributed by atoms with Gasteiger partial charge in [-0.1, -0.05) is 37.3 Å². The molecule has 2 aromatic heterocycles. The number of anilines is 1. The quantitative estimate of drug-likeness (QED) is 0.499. The third kappa shape index (κ3) is 4.69. The fourth-order valence-electron chi connectivity index (χ4n) is 3.66. The number of hydrogen-bond donors (Lipinski definition) is 2. The standard InChI is InChI=1S/C25H25N5O/c1-16-5-3-4-6-22(16)18-7-8-23-19(12-18)13-20(24(26)30-23)11-17(2)25(31)29-15-21-14-27-9-10-28-21/h3-10,12-14,17H,11,15H2,1-2H3,(H2,26,30)(H,29,31)/t17-/m1/s1. The van der Waals surface area contributed by atoms with Gasteiger partial charge in [-0.25, -0.2) is 4.98 Å². The van der Waals surface area contributed by atoms with Crippen molar-refractivity contribution in [2.24, 2.45) is 5.92 Å². The van der Waals surface area contributed by atoms with Crippen molar-refractivity contribution < 1.29 is 4.79 Å². The number of nitrogens with zero attached hydrogens (tertiary/aromatic N) is 3. The summed E-state index contributed by atoms with van der Waals surface area (Å²) in [5.41, 5.74) is 12.2. The van der Waals surface area contributed by atoms with Crippen molar-refractivity contribution in [1.82, 2.24) is 20.3 Å². The Bertz CT molecular complexity index is 1220. The van der Waals surface area contributed by atoms with Crippen LogP contribution in [0.1, 0.15) is 23.7 Å². The topological polar surface area (TPSA) is 93.8 Å². The molecule has 0 aliphatic heterocycles. The molecule has 4 aromatic rings. The molecule has 0 unspecified atom stereocenters. The summed E-state index contributed by atoms with van der Waals surface area (Å²) < 4.78 is 0. The number of nitrogens with two attached hydrogens (primary N) is 1. The number of aryl methyl sites for hydroxylation is 1. The summed E-state index contributed by atoms with van der Waals surface area (Å²) in [6.07, 6.45) is 5.36. The van der Waals surface area contributed by atoms with Crippen molar-refractivity contribution in [2.75, 3.05) is 5.73 Å². The number of rotatable bonds is 6. The molecular weight excluding hydrogens is 386 g/mol. The van der Waals surface area contributed by atoms with Crippen LogP contribution in [0.4, 0.5) is 5.82 Å². The predicted octanol–water partition coefficient (Wildman–Crippen LogP) is 4.08. The first-order chi connectivity index (χ1) is 15.0. The molecule has 0 saturated carbocycles. The number of amides is 1. The summed E-state index contributed by atoms with van der Waals surface area (Å²) in [6, 6.07) is 16.5. The van der Waals surface area contributed by atoms with Gasteiger partial charge < -0.3 is 11.1 Å². The smallest absolute Gasteiger partial charge is 0.223 e. The Kier molecular flexibility index (Phi) is 5.89. The number of fused-ring (bicyclic) bond motifs is 1. The Morgan fingerprint density at radius 1 is 1.13 bits per heavy atom. The van der Waals surface area contributed by atoms with Gasteiger partial charge in [0.1, 0.15) is 5.82 Å². The molecule has 2 aromatic carbocycles. The van der Waals surface area contributed by atoms with Crippen LogP contribution in [0, 0.1) is 12.8 Å². The monoisotopic (exact) mass is 411 g/mol. The van der Waals surface area contributed by atoms with E-state index in [1.807, 2.05) is 31.2 Å². The summed E-state index contributed by atoms with van der Waals surface area (Å²) in [4.78, 5) is 25.3. The maximum absolute atomic E-state index is 12.6. The molecule has 0 aliphatic rings. The van der Waals surface area contributed by atoms with Gasteiger partial charge in [0, 0.05) is 23.7 Å². The number of carbonyl (C=O) groups excluding carboxylic acids is 1. The summed E-state index contributed by atoms with van der Waals surface area (Å²) in [5.74, 6) is 0.154. The van der Waals surface area contributed by atoms with Gasteiger partial charge in [-0.2, -0.15) is 0 Å². The minimum absolute atomic E-state index is 0.0567. The van der Waals surface area contributed by atoms with Crippen LogP contribution in [0.5, 0.6) is 0 Å². The SMILES string of the molecule is Cc1ccccc1-c1ccc2nc(N)c(C[C@@H](C)C(=O)NCc3cnccn3)cc2c1. The maximum atomic E-state index is 12.6. The Morgan fingerprint density at radius 2 is 1.97 bits per heavy atom. The molecule has 0 bridgehead atoms. The highest BCUT2D eigenvalue weighted by Gasteiger charge is 2.16. The fraction of sp³-hybridized carbons (Fsp3) is 0.200. The molecule has 3 N–H and O–H groups in total. The second-order valence-electron chi connectivity index (χ2n) is 7.77. The van der Waals surface area contributed by atoms with E-state index >= 15 is 0 Å². The Labute approximate surface area is 181 Å². The van der Waals surface area contributed by atoms with E-state index in [2.05, 4.69) is 51.5 Å². The third-order valence-corrected chi connectivity index (χ3v) is 5.42. The largest absolute Gasteiger partial charge is 0.383 e. The summed E-state index contributed by atoms with van der Waals surface area (Å²) in [6.45, 7) is 4.34. The first-order valence-electron chi connectivity index (χ1n) is 10.3. The molecule has 0 aliphatic carbocycles. The molecule has 0 saturated heterocycles. The lowest BCUT2D eigenvalue weighted by Crippen LogP contribution is -2.30. The zero-order valence-corrected chi connectivity index (χ0v) is 17.7. The Balaban J connectivity index is 1.53. The number of nitrogen functional groups attached to an aromatic ring is 1. The van der Waals surface area contributed by atoms with Crippen LogP contribution >= 0.6 is 0 Å². The molecule has 2 heterocycles. The zero-order valence-electron chi connectivity index (χ0n) is 17.7. The van der Waals surface area contributed by atoms with E-state index in [4.69, 9.17) is 5.73 Å². The molecule has 0 radical (unpaired) electrons. The van der Waals surface area contributed by atoms with Crippen molar-refractivity contribution in [3.05, 3.63) is 83.9 Å². The molecule has 6 nitrogen and oxygen atoms in total. The van der Waals surface area contributed by atoms with E-state index in [1.165, 1.54) is 11.1 Å². The van der Waals surface area contributed by atoms with E-state index in [0.29, 0.717) is 18.8 Å². The molecular formula is C25H25N5O. The number of benzene rings is 2. The molecule has 1 atom stereocenters. The average molecular weight is 412 g/mol. The molecule has 31 heavy (non-hydrogen) atoms. The third-order valence-electron chi connectivity index (χ3n) is 5.42. The van der Waals surface area contributed by atoms with E-state index in [-0.39, 0.29) is 11.8 Å². The summed E-state index contributed by atoms with van der Waals surface area (Å²) in [5, 5.41) is 3.92. The molecule has 0 fully saturated rings. The van der Waals surface area contributed by atoms with Gasteiger partial charge in [-0.3, -0.25) is 14.8 Å². The van der Waals surface area contributed by atoms with Gasteiger partial charge in [0.05, 0.1) is 24.0 Å². The van der Waals surface area contributed by atoms with Gasteiger partial charge >= 0.3 is 0 Å². The van der Waals surface area contributed by atoms with Crippen LogP contribution in [-0.2, 0) is 17.8 Å². The van der Waals surface area contributed by atoms with Crippen LogP contribution in [0.15, 0.2) is 67.1 Å². The lowest BCUT2D eigenvalue weighted by Gasteiger charge is -2.14.